The number of hydrogen-bond donors (Lipinski definition) is 3. The lowest BCUT2D eigenvalue weighted by Gasteiger charge is -2.06. The topological polar surface area (TPSA) is 82.7 Å². The molecule has 0 aliphatic carbocycles. The molecule has 3 aromatic rings. The van der Waals surface area contributed by atoms with Crippen molar-refractivity contribution in [1.29, 1.82) is 0 Å². The fourth-order valence-electron chi connectivity index (χ4n) is 1.99. The molecule has 6 nitrogen and oxygen atoms in total. The molecule has 0 unspecified atom stereocenters. The molecule has 2 heterocycles. The van der Waals surface area contributed by atoms with Gasteiger partial charge in [0.2, 0.25) is 5.95 Å². The van der Waals surface area contributed by atoms with E-state index in [2.05, 4.69) is 25.6 Å². The Morgan fingerprint density at radius 1 is 1.36 bits per heavy atom. The number of halogens is 2. The Kier molecular flexibility index (Phi) is 3.64. The van der Waals surface area contributed by atoms with Gasteiger partial charge in [-0.15, -0.1) is 0 Å². The Labute approximate surface area is 129 Å². The molecule has 0 saturated carbocycles. The van der Waals surface area contributed by atoms with Crippen molar-refractivity contribution in [1.82, 2.24) is 15.0 Å². The summed E-state index contributed by atoms with van der Waals surface area (Å²) in [5.41, 5.74) is 1.71. The maximum atomic E-state index is 13.1. The van der Waals surface area contributed by atoms with Gasteiger partial charge in [0.25, 0.3) is 5.91 Å². The molecule has 0 radical (unpaired) electrons. The molecule has 1 amide bonds. The minimum absolute atomic E-state index is 0.0586. The number of H-pyrrole nitrogens is 1. The number of hydrogen-bond acceptors (Lipinski definition) is 4. The summed E-state index contributed by atoms with van der Waals surface area (Å²) in [6.45, 7) is 0. The monoisotopic (exact) mass is 319 g/mol. The van der Waals surface area contributed by atoms with E-state index in [0.717, 1.165) is 0 Å². The highest BCUT2D eigenvalue weighted by atomic mass is 35.5. The number of amides is 1. The van der Waals surface area contributed by atoms with E-state index in [1.165, 1.54) is 24.4 Å². The first-order valence-corrected chi connectivity index (χ1v) is 6.75. The molecular weight excluding hydrogens is 309 g/mol. The van der Waals surface area contributed by atoms with Crippen molar-refractivity contribution in [3.8, 4) is 0 Å². The molecule has 0 fully saturated rings. The van der Waals surface area contributed by atoms with Crippen molar-refractivity contribution < 1.29 is 9.18 Å². The van der Waals surface area contributed by atoms with Crippen LogP contribution in [0.1, 0.15) is 10.4 Å². The second-order valence-electron chi connectivity index (χ2n) is 4.48. The van der Waals surface area contributed by atoms with Crippen LogP contribution < -0.4 is 10.6 Å². The van der Waals surface area contributed by atoms with E-state index in [0.29, 0.717) is 28.4 Å². The lowest BCUT2D eigenvalue weighted by Crippen LogP contribution is -2.12. The molecule has 22 heavy (non-hydrogen) atoms. The first-order valence-electron chi connectivity index (χ1n) is 6.37. The number of benzene rings is 1. The van der Waals surface area contributed by atoms with Crippen molar-refractivity contribution in [3.63, 3.8) is 0 Å². The normalized spacial score (nSPS) is 10.7. The third-order valence-corrected chi connectivity index (χ3v) is 3.34. The van der Waals surface area contributed by atoms with Gasteiger partial charge in [0.05, 0.1) is 16.1 Å². The number of nitrogens with zero attached hydrogens (tertiary/aromatic N) is 2. The van der Waals surface area contributed by atoms with E-state index in [-0.39, 0.29) is 10.9 Å². The largest absolute Gasteiger partial charge is 0.359 e. The quantitative estimate of drug-likeness (QED) is 0.693. The number of carbonyl (C=O) groups excluding carboxylic acids is 1. The molecule has 112 valence electrons. The number of rotatable bonds is 3. The van der Waals surface area contributed by atoms with Crippen LogP contribution in [0.25, 0.3) is 11.2 Å². The van der Waals surface area contributed by atoms with Crippen LogP contribution in [0.4, 0.5) is 16.0 Å². The molecular formula is C14H11ClFN5O. The summed E-state index contributed by atoms with van der Waals surface area (Å²) in [6.07, 6.45) is 1.50. The lowest BCUT2D eigenvalue weighted by atomic mass is 10.2. The number of aromatic amines is 1. The Balaban J connectivity index is 1.94. The third-order valence-electron chi connectivity index (χ3n) is 3.05. The Morgan fingerprint density at radius 2 is 2.18 bits per heavy atom. The van der Waals surface area contributed by atoms with Gasteiger partial charge in [-0.2, -0.15) is 4.98 Å². The zero-order valence-electron chi connectivity index (χ0n) is 11.4. The van der Waals surface area contributed by atoms with Gasteiger partial charge in [-0.3, -0.25) is 4.79 Å². The highest BCUT2D eigenvalue weighted by molar-refractivity contribution is 6.31. The van der Waals surface area contributed by atoms with Gasteiger partial charge >= 0.3 is 0 Å². The van der Waals surface area contributed by atoms with Crippen LogP contribution in [0, 0.1) is 5.82 Å². The fourth-order valence-corrected chi connectivity index (χ4v) is 2.17. The zero-order chi connectivity index (χ0) is 15.7. The van der Waals surface area contributed by atoms with Crippen LogP contribution in [0.5, 0.6) is 0 Å². The SMILES string of the molecule is CNc1nc2nccc(C(=O)Nc3ccc(F)c(Cl)c3)c2[nH]1. The van der Waals surface area contributed by atoms with Gasteiger partial charge in [-0.25, -0.2) is 9.37 Å². The van der Waals surface area contributed by atoms with Crippen molar-refractivity contribution in [3.05, 3.63) is 46.9 Å². The smallest absolute Gasteiger partial charge is 0.257 e. The second-order valence-corrected chi connectivity index (χ2v) is 4.88. The number of pyridine rings is 1. The summed E-state index contributed by atoms with van der Waals surface area (Å²) in [7, 11) is 1.71. The van der Waals surface area contributed by atoms with E-state index in [9.17, 15) is 9.18 Å². The lowest BCUT2D eigenvalue weighted by molar-refractivity contribution is 0.102. The standard InChI is InChI=1S/C14H11ClFN5O/c1-17-14-20-11-8(4-5-18-12(11)21-14)13(22)19-7-2-3-10(16)9(15)6-7/h2-6H,1H3,(H,19,22)(H2,17,18,20,21). The van der Waals surface area contributed by atoms with Crippen LogP contribution in [0.2, 0.25) is 5.02 Å². The molecule has 0 saturated heterocycles. The Bertz CT molecular complexity index is 864. The molecule has 2 aromatic heterocycles. The maximum absolute atomic E-state index is 13.1. The summed E-state index contributed by atoms with van der Waals surface area (Å²) in [4.78, 5) is 23.6. The molecule has 0 aliphatic heterocycles. The number of imidazole rings is 1. The molecule has 3 rings (SSSR count). The number of anilines is 2. The van der Waals surface area contributed by atoms with Gasteiger partial charge in [-0.05, 0) is 24.3 Å². The third kappa shape index (κ3) is 2.58. The van der Waals surface area contributed by atoms with Gasteiger partial charge in [0, 0.05) is 18.9 Å². The predicted molar refractivity (Wildman–Crippen MR) is 82.8 cm³/mol. The molecule has 0 aliphatic rings. The first-order chi connectivity index (χ1) is 10.6. The van der Waals surface area contributed by atoms with Crippen molar-refractivity contribution in [2.75, 3.05) is 17.7 Å². The summed E-state index contributed by atoms with van der Waals surface area (Å²) < 4.78 is 13.1. The summed E-state index contributed by atoms with van der Waals surface area (Å²) >= 11 is 5.70. The van der Waals surface area contributed by atoms with E-state index in [1.54, 1.807) is 13.1 Å². The van der Waals surface area contributed by atoms with E-state index < -0.39 is 5.82 Å². The van der Waals surface area contributed by atoms with Crippen molar-refractivity contribution in [2.45, 2.75) is 0 Å². The Hall–Kier alpha value is -2.67. The molecule has 0 atom stereocenters. The minimum Gasteiger partial charge on any atom is -0.359 e. The molecule has 3 N–H and O–H groups in total. The number of nitrogens with one attached hydrogen (secondary N) is 3. The van der Waals surface area contributed by atoms with Gasteiger partial charge in [0.15, 0.2) is 5.65 Å². The van der Waals surface area contributed by atoms with Crippen LogP contribution in [-0.4, -0.2) is 27.9 Å². The number of fused-ring (bicyclic) bond motifs is 1. The predicted octanol–water partition coefficient (Wildman–Crippen LogP) is 3.04. The minimum atomic E-state index is -0.543. The zero-order valence-corrected chi connectivity index (χ0v) is 12.2. The van der Waals surface area contributed by atoms with Crippen molar-refractivity contribution >= 4 is 40.3 Å². The highest BCUT2D eigenvalue weighted by Crippen LogP contribution is 2.21. The molecule has 0 spiro atoms. The second kappa shape index (κ2) is 5.61. The summed E-state index contributed by atoms with van der Waals surface area (Å²) in [6, 6.07) is 5.54. The van der Waals surface area contributed by atoms with E-state index in [1.807, 2.05) is 0 Å². The van der Waals surface area contributed by atoms with Gasteiger partial charge < -0.3 is 15.6 Å². The number of aromatic nitrogens is 3. The maximum Gasteiger partial charge on any atom is 0.257 e. The van der Waals surface area contributed by atoms with Crippen LogP contribution in [0.3, 0.4) is 0 Å². The average Bonchev–Trinajstić information content (AvgIpc) is 2.94. The molecule has 8 heteroatoms. The molecule has 1 aromatic carbocycles. The van der Waals surface area contributed by atoms with Crippen molar-refractivity contribution in [2.24, 2.45) is 0 Å². The molecule has 0 bridgehead atoms. The first kappa shape index (κ1) is 14.3. The van der Waals surface area contributed by atoms with E-state index in [4.69, 9.17) is 11.6 Å². The van der Waals surface area contributed by atoms with Crippen LogP contribution >= 0.6 is 11.6 Å². The Morgan fingerprint density at radius 3 is 2.91 bits per heavy atom. The van der Waals surface area contributed by atoms with Gasteiger partial charge in [-0.1, -0.05) is 11.6 Å². The average molecular weight is 320 g/mol. The summed E-state index contributed by atoms with van der Waals surface area (Å²) in [5, 5.41) is 5.45. The highest BCUT2D eigenvalue weighted by Gasteiger charge is 2.14. The van der Waals surface area contributed by atoms with Crippen LogP contribution in [-0.2, 0) is 0 Å². The number of carbonyl (C=O) groups is 1. The fraction of sp³-hybridized carbons (Fsp3) is 0.0714. The van der Waals surface area contributed by atoms with E-state index >= 15 is 0 Å². The van der Waals surface area contributed by atoms with Gasteiger partial charge in [0.1, 0.15) is 5.82 Å². The summed E-state index contributed by atoms with van der Waals surface area (Å²) in [5.74, 6) is -0.410. The van der Waals surface area contributed by atoms with Crippen LogP contribution in [0.15, 0.2) is 30.5 Å².